The molecule has 0 radical (unpaired) electrons. The van der Waals surface area contributed by atoms with Crippen molar-refractivity contribution >= 4 is 17.5 Å². The van der Waals surface area contributed by atoms with E-state index in [0.29, 0.717) is 11.1 Å². The van der Waals surface area contributed by atoms with E-state index in [1.807, 2.05) is 31.1 Å². The van der Waals surface area contributed by atoms with Crippen LogP contribution in [0.4, 0.5) is 0 Å². The number of nitrogens with zero attached hydrogens (tertiary/aromatic N) is 4. The summed E-state index contributed by atoms with van der Waals surface area (Å²) in [5, 5.41) is 5.06. The van der Waals surface area contributed by atoms with Gasteiger partial charge in [-0.3, -0.25) is 14.5 Å². The van der Waals surface area contributed by atoms with Crippen molar-refractivity contribution in [3.05, 3.63) is 46.5 Å². The molecule has 1 saturated carbocycles. The molecule has 0 aromatic carbocycles. The number of hydrogen-bond donors (Lipinski definition) is 0. The van der Waals surface area contributed by atoms with E-state index in [2.05, 4.69) is 16.1 Å². The minimum atomic E-state index is 0.0637. The Hall–Kier alpha value is -1.88. The summed E-state index contributed by atoms with van der Waals surface area (Å²) in [7, 11) is 1.85. The first kappa shape index (κ1) is 15.6. The normalized spacial score (nSPS) is 26.0. The van der Waals surface area contributed by atoms with Gasteiger partial charge in [-0.25, -0.2) is 0 Å². The molecular weight excluding hydrogens is 324 g/mol. The summed E-state index contributed by atoms with van der Waals surface area (Å²) in [5.74, 6) is 0.661. The largest absolute Gasteiger partial charge is 0.335 e. The van der Waals surface area contributed by atoms with Crippen molar-refractivity contribution in [1.82, 2.24) is 19.7 Å². The van der Waals surface area contributed by atoms with Gasteiger partial charge in [0.25, 0.3) is 0 Å². The number of aryl methyl sites for hydroxylation is 2. The van der Waals surface area contributed by atoms with E-state index in [0.717, 1.165) is 37.1 Å². The topological polar surface area (TPSA) is 51.0 Å². The molecule has 24 heavy (non-hydrogen) atoms. The maximum absolute atomic E-state index is 13.0. The average molecular weight is 345 g/mol. The van der Waals surface area contributed by atoms with E-state index in [1.165, 1.54) is 5.56 Å². The number of carbonyl (C=O) groups is 1. The molecule has 3 heterocycles. The van der Waals surface area contributed by atoms with E-state index in [1.54, 1.807) is 10.9 Å². The SMILES string of the molecule is Cc1nn(C)c(Cl)c1[C@@H]1CCCN1C(=O)[C@H]1C[C@H]1c1cccnc1. The molecule has 1 saturated heterocycles. The molecule has 2 aromatic rings. The highest BCUT2D eigenvalue weighted by molar-refractivity contribution is 6.30. The molecule has 4 rings (SSSR count). The lowest BCUT2D eigenvalue weighted by atomic mass is 10.0. The number of rotatable bonds is 3. The Morgan fingerprint density at radius 1 is 1.42 bits per heavy atom. The third kappa shape index (κ3) is 2.51. The molecule has 1 aliphatic heterocycles. The van der Waals surface area contributed by atoms with E-state index < -0.39 is 0 Å². The molecule has 126 valence electrons. The van der Waals surface area contributed by atoms with Crippen molar-refractivity contribution < 1.29 is 4.79 Å². The van der Waals surface area contributed by atoms with Gasteiger partial charge in [0.15, 0.2) is 0 Å². The molecule has 0 N–H and O–H groups in total. The first-order valence-corrected chi connectivity index (χ1v) is 8.85. The highest BCUT2D eigenvalue weighted by atomic mass is 35.5. The van der Waals surface area contributed by atoms with Crippen molar-refractivity contribution in [3.8, 4) is 0 Å². The van der Waals surface area contributed by atoms with Gasteiger partial charge in [0.05, 0.1) is 11.7 Å². The van der Waals surface area contributed by atoms with Crippen LogP contribution in [0.5, 0.6) is 0 Å². The lowest BCUT2D eigenvalue weighted by Crippen LogP contribution is -2.32. The van der Waals surface area contributed by atoms with Crippen LogP contribution in [0.1, 0.15) is 48.0 Å². The van der Waals surface area contributed by atoms with Gasteiger partial charge in [-0.1, -0.05) is 17.7 Å². The smallest absolute Gasteiger partial charge is 0.226 e. The third-order valence-corrected chi connectivity index (χ3v) is 5.73. The predicted molar refractivity (Wildman–Crippen MR) is 91.7 cm³/mol. The van der Waals surface area contributed by atoms with Gasteiger partial charge in [-0.15, -0.1) is 0 Å². The summed E-state index contributed by atoms with van der Waals surface area (Å²) in [4.78, 5) is 19.2. The third-order valence-electron chi connectivity index (χ3n) is 5.29. The van der Waals surface area contributed by atoms with Gasteiger partial charge >= 0.3 is 0 Å². The van der Waals surface area contributed by atoms with Crippen LogP contribution in [0.25, 0.3) is 0 Å². The summed E-state index contributed by atoms with van der Waals surface area (Å²) in [6.45, 7) is 2.78. The van der Waals surface area contributed by atoms with Crippen LogP contribution in [0.3, 0.4) is 0 Å². The number of hydrogen-bond acceptors (Lipinski definition) is 3. The highest BCUT2D eigenvalue weighted by Gasteiger charge is 2.48. The van der Waals surface area contributed by atoms with Gasteiger partial charge in [-0.05, 0) is 43.7 Å². The molecule has 0 bridgehead atoms. The Morgan fingerprint density at radius 3 is 2.92 bits per heavy atom. The Labute approximate surface area is 146 Å². The summed E-state index contributed by atoms with van der Waals surface area (Å²) in [5.41, 5.74) is 3.11. The summed E-state index contributed by atoms with van der Waals surface area (Å²) in [6, 6.07) is 4.06. The van der Waals surface area contributed by atoms with Gasteiger partial charge in [0.2, 0.25) is 5.91 Å². The molecule has 0 spiro atoms. The Morgan fingerprint density at radius 2 is 2.25 bits per heavy atom. The molecule has 6 heteroatoms. The lowest BCUT2D eigenvalue weighted by molar-refractivity contribution is -0.133. The second-order valence-corrected chi connectivity index (χ2v) is 7.20. The van der Waals surface area contributed by atoms with Crippen LogP contribution in [0, 0.1) is 12.8 Å². The summed E-state index contributed by atoms with van der Waals surface area (Å²) in [6.07, 6.45) is 6.55. The fourth-order valence-electron chi connectivity index (χ4n) is 4.00. The summed E-state index contributed by atoms with van der Waals surface area (Å²) < 4.78 is 1.70. The Balaban J connectivity index is 1.55. The van der Waals surface area contributed by atoms with E-state index >= 15 is 0 Å². The summed E-state index contributed by atoms with van der Waals surface area (Å²) >= 11 is 6.44. The molecule has 3 atom stereocenters. The van der Waals surface area contributed by atoms with Crippen molar-refractivity contribution in [2.24, 2.45) is 13.0 Å². The first-order chi connectivity index (χ1) is 11.6. The molecule has 1 aliphatic carbocycles. The molecule has 2 aromatic heterocycles. The second-order valence-electron chi connectivity index (χ2n) is 6.84. The van der Waals surface area contributed by atoms with Gasteiger partial charge in [-0.2, -0.15) is 5.10 Å². The minimum Gasteiger partial charge on any atom is -0.335 e. The molecule has 0 unspecified atom stereocenters. The Bertz CT molecular complexity index is 773. The van der Waals surface area contributed by atoms with Crippen LogP contribution in [-0.4, -0.2) is 32.1 Å². The molecule has 5 nitrogen and oxygen atoms in total. The number of carbonyl (C=O) groups excluding carboxylic acids is 1. The molecule has 2 fully saturated rings. The van der Waals surface area contributed by atoms with Crippen molar-refractivity contribution in [1.29, 1.82) is 0 Å². The second kappa shape index (κ2) is 5.88. The van der Waals surface area contributed by atoms with E-state index in [9.17, 15) is 4.79 Å². The number of aromatic nitrogens is 3. The van der Waals surface area contributed by atoms with Gasteiger partial charge in [0.1, 0.15) is 5.15 Å². The van der Waals surface area contributed by atoms with Crippen molar-refractivity contribution in [2.75, 3.05) is 6.54 Å². The van der Waals surface area contributed by atoms with E-state index in [4.69, 9.17) is 11.6 Å². The standard InChI is InChI=1S/C18H21ClN4O/c1-11-16(17(19)22(2)21-11)15-6-4-8-23(15)18(24)14-9-13(14)12-5-3-7-20-10-12/h3,5,7,10,13-15H,4,6,8-9H2,1-2H3/t13-,14-,15-/m0/s1. The van der Waals surface area contributed by atoms with Crippen LogP contribution in [0.2, 0.25) is 5.15 Å². The zero-order valence-corrected chi connectivity index (χ0v) is 14.7. The van der Waals surface area contributed by atoms with Crippen LogP contribution >= 0.6 is 11.6 Å². The fraction of sp³-hybridized carbons (Fsp3) is 0.500. The quantitative estimate of drug-likeness (QED) is 0.858. The van der Waals surface area contributed by atoms with Gasteiger partial charge in [0, 0.05) is 37.5 Å². The number of amides is 1. The number of likely N-dealkylation sites (tertiary alicyclic amines) is 1. The predicted octanol–water partition coefficient (Wildman–Crippen LogP) is 3.24. The number of halogens is 1. The number of pyridine rings is 1. The van der Waals surface area contributed by atoms with Gasteiger partial charge < -0.3 is 4.90 Å². The zero-order valence-electron chi connectivity index (χ0n) is 13.9. The lowest BCUT2D eigenvalue weighted by Gasteiger charge is -2.25. The first-order valence-electron chi connectivity index (χ1n) is 8.47. The van der Waals surface area contributed by atoms with E-state index in [-0.39, 0.29) is 17.9 Å². The monoisotopic (exact) mass is 344 g/mol. The molecule has 2 aliphatic rings. The van der Waals surface area contributed by atoms with Crippen molar-refractivity contribution in [2.45, 2.75) is 38.1 Å². The molecule has 1 amide bonds. The van der Waals surface area contributed by atoms with Crippen LogP contribution in [-0.2, 0) is 11.8 Å². The average Bonchev–Trinajstić information content (AvgIpc) is 3.18. The van der Waals surface area contributed by atoms with Crippen LogP contribution < -0.4 is 0 Å². The van der Waals surface area contributed by atoms with Crippen molar-refractivity contribution in [3.63, 3.8) is 0 Å². The minimum absolute atomic E-state index is 0.0637. The zero-order chi connectivity index (χ0) is 16.8. The van der Waals surface area contributed by atoms with Crippen LogP contribution in [0.15, 0.2) is 24.5 Å². The maximum atomic E-state index is 13.0. The maximum Gasteiger partial charge on any atom is 0.226 e. The highest BCUT2D eigenvalue weighted by Crippen LogP contribution is 2.50. The molecular formula is C18H21ClN4O. The Kier molecular flexibility index (Phi) is 3.83. The fourth-order valence-corrected chi connectivity index (χ4v) is 4.30.